The van der Waals surface area contributed by atoms with Crippen LogP contribution >= 0.6 is 0 Å². The van der Waals surface area contributed by atoms with E-state index in [2.05, 4.69) is 5.32 Å². The Hall–Kier alpha value is -1.34. The molecule has 116 valence electrons. The molecule has 1 saturated heterocycles. The van der Waals surface area contributed by atoms with Crippen LogP contribution in [0.15, 0.2) is 0 Å². The van der Waals surface area contributed by atoms with Crippen molar-refractivity contribution in [2.75, 3.05) is 32.8 Å². The highest BCUT2D eigenvalue weighted by atomic mass is 16.5. The number of rotatable bonds is 7. The minimum Gasteiger partial charge on any atom is -0.481 e. The molecule has 1 heterocycles. The second-order valence-corrected chi connectivity index (χ2v) is 5.04. The molecule has 0 aliphatic carbocycles. The third kappa shape index (κ3) is 5.75. The molecule has 0 spiro atoms. The molecule has 0 saturated carbocycles. The standard InChI is InChI=1S/C13H24N2O5/c1-10(12(17)18)2-5-14-13(19)15-6-3-11(4-7-15)20-9-8-16/h10-11,16H,2-9H2,1H3,(H,14,19)(H,17,18). The van der Waals surface area contributed by atoms with Gasteiger partial charge in [0.2, 0.25) is 0 Å². The van der Waals surface area contributed by atoms with Crippen LogP contribution in [0.3, 0.4) is 0 Å². The third-order valence-electron chi connectivity index (χ3n) is 3.45. The van der Waals surface area contributed by atoms with E-state index in [0.29, 0.717) is 32.7 Å². The number of ether oxygens (including phenoxy) is 1. The summed E-state index contributed by atoms with van der Waals surface area (Å²) in [5, 5.41) is 20.2. The maximum absolute atomic E-state index is 11.9. The molecule has 7 nitrogen and oxygen atoms in total. The molecule has 3 N–H and O–H groups in total. The number of carbonyl (C=O) groups is 2. The number of amides is 2. The number of likely N-dealkylation sites (tertiary alicyclic amines) is 1. The molecule has 1 fully saturated rings. The lowest BCUT2D eigenvalue weighted by Crippen LogP contribution is -2.46. The molecule has 1 rings (SSSR count). The molecule has 0 aromatic heterocycles. The zero-order valence-corrected chi connectivity index (χ0v) is 11.9. The van der Waals surface area contributed by atoms with Crippen molar-refractivity contribution in [3.63, 3.8) is 0 Å². The minimum atomic E-state index is -0.846. The van der Waals surface area contributed by atoms with Crippen molar-refractivity contribution >= 4 is 12.0 Å². The van der Waals surface area contributed by atoms with Crippen LogP contribution in [0, 0.1) is 5.92 Å². The Bertz CT molecular complexity index is 316. The normalized spacial score (nSPS) is 17.8. The van der Waals surface area contributed by atoms with Gasteiger partial charge in [-0.3, -0.25) is 4.79 Å². The van der Waals surface area contributed by atoms with Crippen molar-refractivity contribution in [3.8, 4) is 0 Å². The van der Waals surface area contributed by atoms with Gasteiger partial charge in [-0.15, -0.1) is 0 Å². The monoisotopic (exact) mass is 288 g/mol. The molecule has 1 aliphatic heterocycles. The smallest absolute Gasteiger partial charge is 0.317 e. The van der Waals surface area contributed by atoms with Crippen LogP contribution in [0.25, 0.3) is 0 Å². The summed E-state index contributed by atoms with van der Waals surface area (Å²) in [6, 6.07) is -0.150. The fourth-order valence-corrected chi connectivity index (χ4v) is 2.08. The number of urea groups is 1. The van der Waals surface area contributed by atoms with E-state index in [0.717, 1.165) is 12.8 Å². The van der Waals surface area contributed by atoms with Gasteiger partial charge >= 0.3 is 12.0 Å². The van der Waals surface area contributed by atoms with E-state index in [1.807, 2.05) is 0 Å². The van der Waals surface area contributed by atoms with Gasteiger partial charge < -0.3 is 25.2 Å². The van der Waals surface area contributed by atoms with Crippen molar-refractivity contribution in [1.82, 2.24) is 10.2 Å². The van der Waals surface area contributed by atoms with Gasteiger partial charge in [-0.2, -0.15) is 0 Å². The molecule has 0 bridgehead atoms. The zero-order chi connectivity index (χ0) is 15.0. The Balaban J connectivity index is 2.17. The first-order valence-electron chi connectivity index (χ1n) is 7.02. The number of aliphatic hydroxyl groups is 1. The van der Waals surface area contributed by atoms with Crippen LogP contribution in [0.2, 0.25) is 0 Å². The third-order valence-corrected chi connectivity index (χ3v) is 3.45. The fraction of sp³-hybridized carbons (Fsp3) is 0.846. The topological polar surface area (TPSA) is 99.1 Å². The Morgan fingerprint density at radius 3 is 2.60 bits per heavy atom. The summed E-state index contributed by atoms with van der Waals surface area (Å²) in [4.78, 5) is 24.2. The highest BCUT2D eigenvalue weighted by Gasteiger charge is 2.23. The predicted octanol–water partition coefficient (Wildman–Crippen LogP) is 0.280. The van der Waals surface area contributed by atoms with Gasteiger partial charge in [0, 0.05) is 19.6 Å². The van der Waals surface area contributed by atoms with Gasteiger partial charge in [0.05, 0.1) is 25.2 Å². The lowest BCUT2D eigenvalue weighted by atomic mass is 10.1. The fourth-order valence-electron chi connectivity index (χ4n) is 2.08. The summed E-state index contributed by atoms with van der Waals surface area (Å²) in [7, 11) is 0. The van der Waals surface area contributed by atoms with E-state index < -0.39 is 11.9 Å². The zero-order valence-electron chi connectivity index (χ0n) is 11.9. The molecule has 20 heavy (non-hydrogen) atoms. The maximum Gasteiger partial charge on any atom is 0.317 e. The summed E-state index contributed by atoms with van der Waals surface area (Å²) in [6.07, 6.45) is 2.06. The Morgan fingerprint density at radius 2 is 2.05 bits per heavy atom. The lowest BCUT2D eigenvalue weighted by molar-refractivity contribution is -0.141. The lowest BCUT2D eigenvalue weighted by Gasteiger charge is -2.31. The summed E-state index contributed by atoms with van der Waals surface area (Å²) in [6.45, 7) is 3.59. The van der Waals surface area contributed by atoms with Crippen LogP contribution < -0.4 is 5.32 Å². The number of aliphatic carboxylic acids is 1. The van der Waals surface area contributed by atoms with Gasteiger partial charge in [0.15, 0.2) is 0 Å². The Labute approximate surface area is 118 Å². The first-order valence-corrected chi connectivity index (χ1v) is 7.02. The van der Waals surface area contributed by atoms with Gasteiger partial charge in [-0.25, -0.2) is 4.79 Å². The molecule has 2 amide bonds. The number of carbonyl (C=O) groups excluding carboxylic acids is 1. The molecule has 7 heteroatoms. The number of aliphatic hydroxyl groups excluding tert-OH is 1. The van der Waals surface area contributed by atoms with Crippen molar-refractivity contribution in [3.05, 3.63) is 0 Å². The second-order valence-electron chi connectivity index (χ2n) is 5.04. The number of hydrogen-bond acceptors (Lipinski definition) is 4. The number of carboxylic acid groups (broad SMARTS) is 1. The van der Waals surface area contributed by atoms with Crippen LogP contribution in [0.4, 0.5) is 4.79 Å². The molecular formula is C13H24N2O5. The van der Waals surface area contributed by atoms with Crippen LogP contribution in [-0.4, -0.2) is 66.1 Å². The minimum absolute atomic E-state index is 0.0163. The summed E-state index contributed by atoms with van der Waals surface area (Å²) >= 11 is 0. The first-order chi connectivity index (χ1) is 9.54. The second kappa shape index (κ2) is 8.76. The van der Waals surface area contributed by atoms with Crippen LogP contribution in [0.1, 0.15) is 26.2 Å². The number of hydrogen-bond donors (Lipinski definition) is 3. The maximum atomic E-state index is 11.9. The largest absolute Gasteiger partial charge is 0.481 e. The number of piperidine rings is 1. The number of nitrogens with zero attached hydrogens (tertiary/aromatic N) is 1. The van der Waals surface area contributed by atoms with Gasteiger partial charge in [0.25, 0.3) is 0 Å². The van der Waals surface area contributed by atoms with Crippen molar-refractivity contribution < 1.29 is 24.5 Å². The molecule has 0 aromatic carbocycles. The molecule has 1 aliphatic rings. The molecular weight excluding hydrogens is 264 g/mol. The first kappa shape index (κ1) is 16.7. The van der Waals surface area contributed by atoms with E-state index in [4.69, 9.17) is 14.9 Å². The molecule has 1 atom stereocenters. The Morgan fingerprint density at radius 1 is 1.40 bits per heavy atom. The Kier molecular flexibility index (Phi) is 7.32. The van der Waals surface area contributed by atoms with E-state index in [9.17, 15) is 9.59 Å². The van der Waals surface area contributed by atoms with Crippen LogP contribution in [-0.2, 0) is 9.53 Å². The summed E-state index contributed by atoms with van der Waals surface area (Å²) in [5.41, 5.74) is 0. The van der Waals surface area contributed by atoms with E-state index in [1.54, 1.807) is 11.8 Å². The highest BCUT2D eigenvalue weighted by Crippen LogP contribution is 2.13. The van der Waals surface area contributed by atoms with Crippen LogP contribution in [0.5, 0.6) is 0 Å². The molecule has 0 aromatic rings. The van der Waals surface area contributed by atoms with Gasteiger partial charge in [0.1, 0.15) is 0 Å². The molecule has 0 radical (unpaired) electrons. The number of carboxylic acids is 1. The average molecular weight is 288 g/mol. The highest BCUT2D eigenvalue weighted by molar-refractivity contribution is 5.74. The van der Waals surface area contributed by atoms with E-state index >= 15 is 0 Å². The SMILES string of the molecule is CC(CCNC(=O)N1CCC(OCCO)CC1)C(=O)O. The van der Waals surface area contributed by atoms with E-state index in [1.165, 1.54) is 0 Å². The van der Waals surface area contributed by atoms with Crippen molar-refractivity contribution in [1.29, 1.82) is 0 Å². The molecule has 1 unspecified atom stereocenters. The van der Waals surface area contributed by atoms with Crippen molar-refractivity contribution in [2.24, 2.45) is 5.92 Å². The number of nitrogens with one attached hydrogen (secondary N) is 1. The summed E-state index contributed by atoms with van der Waals surface area (Å²) < 4.78 is 5.43. The summed E-state index contributed by atoms with van der Waals surface area (Å²) in [5.74, 6) is -1.30. The quantitative estimate of drug-likeness (QED) is 0.625. The predicted molar refractivity (Wildman–Crippen MR) is 72.4 cm³/mol. The average Bonchev–Trinajstić information content (AvgIpc) is 2.45. The van der Waals surface area contributed by atoms with Gasteiger partial charge in [-0.1, -0.05) is 6.92 Å². The van der Waals surface area contributed by atoms with Crippen molar-refractivity contribution in [2.45, 2.75) is 32.3 Å². The van der Waals surface area contributed by atoms with E-state index in [-0.39, 0.29) is 18.7 Å². The van der Waals surface area contributed by atoms with Gasteiger partial charge in [-0.05, 0) is 19.3 Å².